The van der Waals surface area contributed by atoms with Crippen LogP contribution in [0.5, 0.6) is 11.8 Å². The maximum atomic E-state index is 17.6. The number of ether oxygens (including phenoxy) is 2. The van der Waals surface area contributed by atoms with Gasteiger partial charge < -0.3 is 25.8 Å². The second-order valence-electron chi connectivity index (χ2n) is 15.8. The van der Waals surface area contributed by atoms with Crippen LogP contribution in [0.4, 0.5) is 60.5 Å². The summed E-state index contributed by atoms with van der Waals surface area (Å²) in [6.07, 6.45) is -10.1. The molecule has 0 bridgehead atoms. The summed E-state index contributed by atoms with van der Waals surface area (Å²) in [7, 11) is 0. The van der Waals surface area contributed by atoms with Gasteiger partial charge >= 0.3 is 18.4 Å². The third-order valence-electron chi connectivity index (χ3n) is 12.2. The maximum absolute atomic E-state index is 17.6. The van der Waals surface area contributed by atoms with E-state index in [4.69, 9.17) is 20.9 Å². The lowest BCUT2D eigenvalue weighted by molar-refractivity contribution is -0.138. The number of benzene rings is 2. The molecule has 10 nitrogen and oxygen atoms in total. The first-order chi connectivity index (χ1) is 28.3. The van der Waals surface area contributed by atoms with E-state index in [9.17, 15) is 27.2 Å². The molecule has 5 aromatic rings. The van der Waals surface area contributed by atoms with Crippen LogP contribution < -0.4 is 25.8 Å². The van der Waals surface area contributed by atoms with Crippen LogP contribution in [0.2, 0.25) is 0 Å². The van der Waals surface area contributed by atoms with Crippen molar-refractivity contribution in [3.63, 3.8) is 0 Å². The Kier molecular flexibility index (Phi) is 9.06. The molecule has 60 heavy (non-hydrogen) atoms. The van der Waals surface area contributed by atoms with Crippen molar-refractivity contribution in [3.8, 4) is 29.0 Å². The zero-order valence-corrected chi connectivity index (χ0v) is 31.9. The van der Waals surface area contributed by atoms with Gasteiger partial charge in [-0.1, -0.05) is 12.1 Å². The van der Waals surface area contributed by atoms with E-state index >= 15 is 22.0 Å². The number of pyridine rings is 1. The Bertz CT molecular complexity index is 2630. The van der Waals surface area contributed by atoms with Crippen LogP contribution in [0.3, 0.4) is 0 Å². The lowest BCUT2D eigenvalue weighted by atomic mass is 9.89. The Morgan fingerprint density at radius 2 is 1.80 bits per heavy atom. The molecule has 2 saturated heterocycles. The molecule has 3 fully saturated rings. The van der Waals surface area contributed by atoms with E-state index in [-0.39, 0.29) is 47.1 Å². The minimum Gasteiger partial charge on any atom is -0.490 e. The number of nitrogens with two attached hydrogens (primary N) is 2. The number of rotatable bonds is 8. The summed E-state index contributed by atoms with van der Waals surface area (Å²) in [5, 5.41) is 8.66. The van der Waals surface area contributed by atoms with Crippen molar-refractivity contribution in [2.24, 2.45) is 5.41 Å². The molecule has 3 atom stereocenters. The Hall–Kier alpha value is -5.36. The Balaban J connectivity index is 1.30. The van der Waals surface area contributed by atoms with Crippen LogP contribution in [-0.2, 0) is 6.18 Å². The van der Waals surface area contributed by atoms with Gasteiger partial charge in [-0.3, -0.25) is 4.90 Å². The first-order valence-electron chi connectivity index (χ1n) is 18.8. The van der Waals surface area contributed by atoms with Gasteiger partial charge in [0.15, 0.2) is 5.82 Å². The Morgan fingerprint density at radius 3 is 2.48 bits per heavy atom. The summed E-state index contributed by atoms with van der Waals surface area (Å²) in [5.41, 5.74) is 5.41. The van der Waals surface area contributed by atoms with Crippen molar-refractivity contribution in [2.75, 3.05) is 49.2 Å². The normalized spacial score (nSPS) is 22.9. The minimum atomic E-state index is -5.42. The van der Waals surface area contributed by atoms with E-state index in [1.807, 2.05) is 4.90 Å². The van der Waals surface area contributed by atoms with Crippen molar-refractivity contribution in [1.29, 1.82) is 5.26 Å². The van der Waals surface area contributed by atoms with Gasteiger partial charge in [-0.2, -0.15) is 41.6 Å². The molecule has 1 aliphatic carbocycles. The van der Waals surface area contributed by atoms with Gasteiger partial charge in [0.05, 0.1) is 39.2 Å². The summed E-state index contributed by atoms with van der Waals surface area (Å²) in [6.45, 7) is -0.701. The van der Waals surface area contributed by atoms with Crippen LogP contribution in [-0.4, -0.2) is 70.3 Å². The third-order valence-corrected chi connectivity index (χ3v) is 13.3. The molecule has 0 amide bonds. The minimum absolute atomic E-state index is 0.0578. The Morgan fingerprint density at radius 1 is 1.03 bits per heavy atom. The molecule has 21 heteroatoms. The molecule has 2 aromatic carbocycles. The lowest BCUT2D eigenvalue weighted by Gasteiger charge is -2.34. The summed E-state index contributed by atoms with van der Waals surface area (Å²) < 4.78 is 162. The van der Waals surface area contributed by atoms with Crippen molar-refractivity contribution < 1.29 is 53.4 Å². The number of nitriles is 1. The highest BCUT2D eigenvalue weighted by atomic mass is 32.1. The van der Waals surface area contributed by atoms with Crippen molar-refractivity contribution in [1.82, 2.24) is 19.9 Å². The number of aromatic nitrogens is 3. The van der Waals surface area contributed by atoms with E-state index in [0.29, 0.717) is 30.7 Å². The molecule has 9 rings (SSSR count). The SMILES string of the molecule is N#Cc1c(N)sc2c(F)ccc(-c3c(C(F)(F)F)c4c5c(nc(OC[C@@]67CCCN6C[C@@]6(CC6(F)F)C7)nc5c3F)N([C@H](CCC(F)(F)F)c3cccnc3N)CCO4)c12. The molecule has 4 aliphatic rings. The maximum Gasteiger partial charge on any atom is 0.420 e. The zero-order chi connectivity index (χ0) is 42.7. The average Bonchev–Trinajstić information content (AvgIpc) is 3.42. The summed E-state index contributed by atoms with van der Waals surface area (Å²) in [4.78, 5) is 15.9. The number of alkyl halides is 8. The topological polar surface area (TPSA) is 139 Å². The molecular weight excluding hydrogens is 835 g/mol. The van der Waals surface area contributed by atoms with Gasteiger partial charge in [-0.15, -0.1) is 11.3 Å². The standard InChI is InChI=1S/C39H32F10N8O2S/c40-21-5-4-19(23-20(13-50)32(52)60-30(21)23)24-26(39(47,48)49)29-25-28(27(24)41)54-34(59-17-36-7-2-10-56(36)16-35(14-36)15-37(35,42)43)55-33(25)57(11-12-58-29)22(6-8-38(44,45)46)18-3-1-9-53-31(18)51/h1,3-5,9,22H,2,6-8,10-12,14-17,52H2,(H2,51,53)/t22-,35+,36+/m1/s1. The fourth-order valence-electron chi connectivity index (χ4n) is 9.51. The highest BCUT2D eigenvalue weighted by Gasteiger charge is 2.77. The number of thiophene rings is 1. The number of halogens is 10. The monoisotopic (exact) mass is 866 g/mol. The molecule has 3 aromatic heterocycles. The number of hydrogen-bond acceptors (Lipinski definition) is 11. The fraction of sp³-hybridized carbons (Fsp3) is 0.436. The first kappa shape index (κ1) is 40.1. The zero-order valence-electron chi connectivity index (χ0n) is 31.1. The third kappa shape index (κ3) is 6.27. The summed E-state index contributed by atoms with van der Waals surface area (Å²) >= 11 is 0.576. The first-order valence-corrected chi connectivity index (χ1v) is 19.6. The number of nitrogens with zero attached hydrogens (tertiary/aromatic N) is 6. The van der Waals surface area contributed by atoms with Crippen LogP contribution >= 0.6 is 11.3 Å². The van der Waals surface area contributed by atoms with Crippen molar-refractivity contribution in [3.05, 3.63) is 58.8 Å². The molecule has 1 saturated carbocycles. The largest absolute Gasteiger partial charge is 0.490 e. The smallest absolute Gasteiger partial charge is 0.420 e. The molecule has 4 N–H and O–H groups in total. The number of anilines is 3. The summed E-state index contributed by atoms with van der Waals surface area (Å²) in [5.74, 6) is -7.13. The van der Waals surface area contributed by atoms with Crippen molar-refractivity contribution in [2.45, 2.75) is 68.4 Å². The highest BCUT2D eigenvalue weighted by molar-refractivity contribution is 7.23. The van der Waals surface area contributed by atoms with Gasteiger partial charge in [-0.25, -0.2) is 22.5 Å². The second-order valence-corrected chi connectivity index (χ2v) is 16.8. The molecule has 1 spiro atoms. The number of nitrogen functional groups attached to an aromatic ring is 2. The molecule has 3 aliphatic heterocycles. The van der Waals surface area contributed by atoms with Gasteiger partial charge in [0, 0.05) is 42.1 Å². The second kappa shape index (κ2) is 13.6. The van der Waals surface area contributed by atoms with E-state index in [2.05, 4.69) is 15.0 Å². The molecule has 6 heterocycles. The van der Waals surface area contributed by atoms with Gasteiger partial charge in [0.1, 0.15) is 58.6 Å². The number of hydrogen-bond donors (Lipinski definition) is 2. The van der Waals surface area contributed by atoms with E-state index in [0.717, 1.165) is 12.1 Å². The van der Waals surface area contributed by atoms with Crippen LogP contribution in [0, 0.1) is 28.4 Å². The molecule has 0 unspecified atom stereocenters. The molecule has 0 radical (unpaired) electrons. The van der Waals surface area contributed by atoms with Crippen molar-refractivity contribution >= 4 is 49.0 Å². The lowest BCUT2D eigenvalue weighted by Crippen LogP contribution is -2.43. The summed E-state index contributed by atoms with van der Waals surface area (Å²) in [6, 6.07) is 4.25. The van der Waals surface area contributed by atoms with E-state index in [1.54, 1.807) is 6.07 Å². The number of fused-ring (bicyclic) bond motifs is 2. The van der Waals surface area contributed by atoms with Gasteiger partial charge in [0.25, 0.3) is 5.92 Å². The Labute approximate surface area is 337 Å². The molecular formula is C39H32F10N8O2S. The predicted molar refractivity (Wildman–Crippen MR) is 200 cm³/mol. The highest BCUT2D eigenvalue weighted by Crippen LogP contribution is 2.69. The fourth-order valence-corrected chi connectivity index (χ4v) is 10.5. The van der Waals surface area contributed by atoms with Crippen LogP contribution in [0.25, 0.3) is 32.1 Å². The predicted octanol–water partition coefficient (Wildman–Crippen LogP) is 9.16. The average molecular weight is 867 g/mol. The van der Waals surface area contributed by atoms with Crippen LogP contribution in [0.1, 0.15) is 61.3 Å². The van der Waals surface area contributed by atoms with Gasteiger partial charge in [-0.05, 0) is 49.9 Å². The van der Waals surface area contributed by atoms with Crippen LogP contribution in [0.15, 0.2) is 30.5 Å². The van der Waals surface area contributed by atoms with E-state index < -0.39 is 129 Å². The molecule has 316 valence electrons. The van der Waals surface area contributed by atoms with E-state index in [1.165, 1.54) is 23.2 Å². The quantitative estimate of drug-likeness (QED) is 0.145. The van der Waals surface area contributed by atoms with Gasteiger partial charge in [0.2, 0.25) is 0 Å².